The molecule has 0 amide bonds. The monoisotopic (exact) mass is 424 g/mol. The van der Waals surface area contributed by atoms with Gasteiger partial charge in [-0.05, 0) is 17.4 Å². The lowest BCUT2D eigenvalue weighted by Gasteiger charge is -2.34. The molecule has 1 aliphatic carbocycles. The largest absolute Gasteiger partial charge is 1.00 e. The summed E-state index contributed by atoms with van der Waals surface area (Å²) >= 11 is 0. The Kier molecular flexibility index (Phi) is 6.29. The second kappa shape index (κ2) is 7.82. The summed E-state index contributed by atoms with van der Waals surface area (Å²) in [5.41, 5.74) is 4.80. The van der Waals surface area contributed by atoms with Crippen LogP contribution in [0.5, 0.6) is 0 Å². The molecular weight excluding hydrogens is 395 g/mol. The van der Waals surface area contributed by atoms with Crippen LogP contribution in [-0.2, 0) is 6.54 Å². The maximum absolute atomic E-state index is 2.61. The van der Waals surface area contributed by atoms with Crippen molar-refractivity contribution < 1.29 is 28.6 Å². The van der Waals surface area contributed by atoms with Gasteiger partial charge < -0.3 is 28.9 Å². The fourth-order valence-corrected chi connectivity index (χ4v) is 3.75. The first-order valence-electron chi connectivity index (χ1n) is 8.60. The van der Waals surface area contributed by atoms with Crippen LogP contribution < -0.4 is 24.0 Å². The number of nitrogens with zero attached hydrogens (tertiary/aromatic N) is 2. The van der Waals surface area contributed by atoms with Crippen LogP contribution in [0.2, 0.25) is 0 Å². The van der Waals surface area contributed by atoms with E-state index >= 15 is 0 Å². The summed E-state index contributed by atoms with van der Waals surface area (Å²) in [6.45, 7) is 8.31. The average Bonchev–Trinajstić information content (AvgIpc) is 3.01. The molecule has 0 bridgehead atoms. The van der Waals surface area contributed by atoms with Crippen LogP contribution in [0.4, 0.5) is 0 Å². The van der Waals surface area contributed by atoms with Crippen LogP contribution >= 0.6 is 0 Å². The SMILES string of the molecule is CN(Cc1ccccc1)C1=CC(=[N+]2CCCC2)CC(C)(C)C1.[I-]. The van der Waals surface area contributed by atoms with E-state index in [9.17, 15) is 0 Å². The molecule has 0 unspecified atom stereocenters. The lowest BCUT2D eigenvalue weighted by molar-refractivity contribution is -0.507. The van der Waals surface area contributed by atoms with Crippen molar-refractivity contribution in [1.29, 1.82) is 0 Å². The maximum atomic E-state index is 2.61. The van der Waals surface area contributed by atoms with E-state index in [0.29, 0.717) is 5.41 Å². The number of rotatable bonds is 3. The van der Waals surface area contributed by atoms with E-state index in [0.717, 1.165) is 6.54 Å². The van der Waals surface area contributed by atoms with Gasteiger partial charge in [0.05, 0.1) is 0 Å². The molecule has 1 fully saturated rings. The first-order valence-corrected chi connectivity index (χ1v) is 8.60. The third-order valence-corrected chi connectivity index (χ3v) is 4.92. The predicted octanol–water partition coefficient (Wildman–Crippen LogP) is 1.07. The Morgan fingerprint density at radius 2 is 1.70 bits per heavy atom. The Morgan fingerprint density at radius 3 is 2.35 bits per heavy atom. The zero-order valence-corrected chi connectivity index (χ0v) is 16.8. The van der Waals surface area contributed by atoms with E-state index < -0.39 is 0 Å². The topological polar surface area (TPSA) is 6.25 Å². The molecule has 0 saturated carbocycles. The molecular formula is C20H29IN2. The Morgan fingerprint density at radius 1 is 1.04 bits per heavy atom. The normalized spacial score (nSPS) is 20.0. The van der Waals surface area contributed by atoms with Crippen molar-refractivity contribution in [3.8, 4) is 0 Å². The van der Waals surface area contributed by atoms with Gasteiger partial charge in [0.15, 0.2) is 5.71 Å². The highest BCUT2D eigenvalue weighted by atomic mass is 127. The van der Waals surface area contributed by atoms with Crippen LogP contribution in [-0.4, -0.2) is 35.3 Å². The molecule has 3 heteroatoms. The summed E-state index contributed by atoms with van der Waals surface area (Å²) in [7, 11) is 2.24. The van der Waals surface area contributed by atoms with E-state index in [4.69, 9.17) is 0 Å². The molecule has 3 rings (SSSR count). The number of hydrogen-bond acceptors (Lipinski definition) is 1. The van der Waals surface area contributed by atoms with Crippen molar-refractivity contribution in [2.24, 2.45) is 5.41 Å². The third-order valence-electron chi connectivity index (χ3n) is 4.92. The number of benzene rings is 1. The molecule has 1 heterocycles. The maximum Gasteiger partial charge on any atom is 0.178 e. The number of hydrogen-bond donors (Lipinski definition) is 0. The fourth-order valence-electron chi connectivity index (χ4n) is 3.75. The molecule has 1 aliphatic heterocycles. The first kappa shape index (κ1) is 18.5. The van der Waals surface area contributed by atoms with Gasteiger partial charge >= 0.3 is 0 Å². The minimum absolute atomic E-state index is 0. The van der Waals surface area contributed by atoms with Gasteiger partial charge in [0.25, 0.3) is 0 Å². The van der Waals surface area contributed by atoms with Crippen LogP contribution in [0.25, 0.3) is 0 Å². The highest BCUT2D eigenvalue weighted by Gasteiger charge is 2.33. The van der Waals surface area contributed by atoms with Gasteiger partial charge in [0.2, 0.25) is 0 Å². The summed E-state index contributed by atoms with van der Waals surface area (Å²) in [6.07, 6.45) is 7.57. The minimum Gasteiger partial charge on any atom is -1.00 e. The summed E-state index contributed by atoms with van der Waals surface area (Å²) in [5.74, 6) is 0. The molecule has 0 spiro atoms. The van der Waals surface area contributed by atoms with E-state index in [-0.39, 0.29) is 24.0 Å². The number of allylic oxidation sites excluding steroid dienone is 2. The van der Waals surface area contributed by atoms with Crippen LogP contribution in [0.15, 0.2) is 42.1 Å². The Hall–Kier alpha value is -0.840. The first-order chi connectivity index (χ1) is 10.5. The van der Waals surface area contributed by atoms with Gasteiger partial charge in [0.1, 0.15) is 13.1 Å². The molecule has 1 aromatic rings. The average molecular weight is 424 g/mol. The lowest BCUT2D eigenvalue weighted by atomic mass is 9.78. The minimum atomic E-state index is 0. The molecule has 126 valence electrons. The van der Waals surface area contributed by atoms with Crippen molar-refractivity contribution in [2.75, 3.05) is 20.1 Å². The Bertz CT molecular complexity index is 579. The summed E-state index contributed by atoms with van der Waals surface area (Å²) in [6, 6.07) is 10.8. The highest BCUT2D eigenvalue weighted by Crippen LogP contribution is 2.35. The van der Waals surface area contributed by atoms with E-state index in [1.165, 1.54) is 50.0 Å². The molecule has 2 aliphatic rings. The Labute approximate surface area is 158 Å². The molecule has 2 nitrogen and oxygen atoms in total. The van der Waals surface area contributed by atoms with Crippen molar-refractivity contribution in [3.63, 3.8) is 0 Å². The van der Waals surface area contributed by atoms with Crippen molar-refractivity contribution in [2.45, 2.75) is 46.1 Å². The second-order valence-electron chi connectivity index (χ2n) is 7.68. The summed E-state index contributed by atoms with van der Waals surface area (Å²) in [5, 5.41) is 0. The van der Waals surface area contributed by atoms with Crippen molar-refractivity contribution in [1.82, 2.24) is 4.90 Å². The zero-order chi connectivity index (χ0) is 15.6. The third kappa shape index (κ3) is 4.82. The van der Waals surface area contributed by atoms with Crippen molar-refractivity contribution >= 4 is 5.71 Å². The molecule has 0 aromatic heterocycles. The van der Waals surface area contributed by atoms with Crippen molar-refractivity contribution in [3.05, 3.63) is 47.7 Å². The number of halogens is 1. The van der Waals surface area contributed by atoms with Crippen LogP contribution in [0.1, 0.15) is 45.1 Å². The Balaban J connectivity index is 0.00000192. The quantitative estimate of drug-likeness (QED) is 0.520. The van der Waals surface area contributed by atoms with Gasteiger partial charge in [-0.2, -0.15) is 0 Å². The molecule has 0 N–H and O–H groups in total. The van der Waals surface area contributed by atoms with Crippen LogP contribution in [0, 0.1) is 5.41 Å². The summed E-state index contributed by atoms with van der Waals surface area (Å²) < 4.78 is 2.61. The second-order valence-corrected chi connectivity index (χ2v) is 7.68. The zero-order valence-electron chi connectivity index (χ0n) is 14.7. The van der Waals surface area contributed by atoms with Gasteiger partial charge in [-0.3, -0.25) is 0 Å². The molecule has 23 heavy (non-hydrogen) atoms. The van der Waals surface area contributed by atoms with Gasteiger partial charge in [-0.25, -0.2) is 4.58 Å². The molecule has 1 saturated heterocycles. The summed E-state index contributed by atoms with van der Waals surface area (Å²) in [4.78, 5) is 2.44. The van der Waals surface area contributed by atoms with Gasteiger partial charge in [-0.1, -0.05) is 44.2 Å². The highest BCUT2D eigenvalue weighted by molar-refractivity contribution is 5.92. The molecule has 0 radical (unpaired) electrons. The molecule has 1 aromatic carbocycles. The molecule has 0 atom stereocenters. The van der Waals surface area contributed by atoms with Gasteiger partial charge in [-0.15, -0.1) is 0 Å². The predicted molar refractivity (Wildman–Crippen MR) is 93.2 cm³/mol. The van der Waals surface area contributed by atoms with E-state index in [1.807, 2.05) is 0 Å². The lowest BCUT2D eigenvalue weighted by Crippen LogP contribution is -3.00. The van der Waals surface area contributed by atoms with Gasteiger partial charge in [0, 0.05) is 44.6 Å². The van der Waals surface area contributed by atoms with E-state index in [1.54, 1.807) is 5.71 Å². The van der Waals surface area contributed by atoms with E-state index in [2.05, 4.69) is 66.8 Å². The van der Waals surface area contributed by atoms with Crippen LogP contribution in [0.3, 0.4) is 0 Å². The standard InChI is InChI=1S/C20H29N2.HI/c1-20(2)14-18(13-19(15-20)22-11-7-8-12-22)21(3)16-17-9-5-4-6-10-17;/h4-6,9-10,13H,7-8,11-12,14-16H2,1-3H3;1H/q+1;/p-1. The smallest absolute Gasteiger partial charge is 0.178 e. The fraction of sp³-hybridized carbons (Fsp3) is 0.550.